The molecule has 0 aliphatic rings. The number of hydrogen-bond acceptors (Lipinski definition) is 10. The number of pyridine rings is 1. The number of hydrogen-bond donors (Lipinski definition) is 3. The minimum Gasteiger partial charge on any atom is -0.495 e. The first kappa shape index (κ1) is 31.7. The molecule has 3 heterocycles. The van der Waals surface area contributed by atoms with Crippen LogP contribution in [0.5, 0.6) is 11.5 Å². The number of halogens is 2. The van der Waals surface area contributed by atoms with Crippen molar-refractivity contribution in [3.63, 3.8) is 0 Å². The zero-order valence-electron chi connectivity index (χ0n) is 24.9. The molecule has 0 fully saturated rings. The molecule has 0 aliphatic heterocycles. The average molecular weight is 649 g/mol. The van der Waals surface area contributed by atoms with E-state index in [2.05, 4.69) is 27.3 Å². The molecular weight excluding hydrogens is 617 g/mol. The second-order valence-electron chi connectivity index (χ2n) is 10.0. The number of benzene rings is 2. The summed E-state index contributed by atoms with van der Waals surface area (Å²) in [5.74, 6) is 1.40. The molecular formula is C32H31Cl2N7O4. The maximum absolute atomic E-state index is 12.2. The number of carbonyl (C=O) groups excluding carboxylic acids is 1. The van der Waals surface area contributed by atoms with Crippen molar-refractivity contribution in [1.82, 2.24) is 24.7 Å². The molecule has 232 valence electrons. The topological polar surface area (TPSA) is 136 Å². The van der Waals surface area contributed by atoms with E-state index in [1.54, 1.807) is 29.2 Å². The van der Waals surface area contributed by atoms with Gasteiger partial charge in [0.1, 0.15) is 17.0 Å². The lowest BCUT2D eigenvalue weighted by Gasteiger charge is -2.17. The van der Waals surface area contributed by atoms with Gasteiger partial charge in [-0.1, -0.05) is 48.0 Å². The van der Waals surface area contributed by atoms with Crippen molar-refractivity contribution in [3.05, 3.63) is 88.3 Å². The summed E-state index contributed by atoms with van der Waals surface area (Å²) in [4.78, 5) is 26.5. The second kappa shape index (κ2) is 13.9. The molecule has 0 saturated carbocycles. The number of anilines is 3. The normalized spacial score (nSPS) is 11.0. The molecule has 0 amide bonds. The molecule has 0 bridgehead atoms. The molecule has 13 heteroatoms. The number of nitrogens with zero attached hydrogens (tertiary/aromatic N) is 5. The number of ketones is 1. The molecule has 5 rings (SSSR count). The summed E-state index contributed by atoms with van der Waals surface area (Å²) in [7, 11) is 3.01. The molecule has 0 unspecified atom stereocenters. The predicted molar refractivity (Wildman–Crippen MR) is 176 cm³/mol. The van der Waals surface area contributed by atoms with E-state index in [0.29, 0.717) is 58.5 Å². The molecule has 45 heavy (non-hydrogen) atoms. The highest BCUT2D eigenvalue weighted by atomic mass is 35.5. The number of fused-ring (bicyclic) bond motifs is 1. The fourth-order valence-corrected chi connectivity index (χ4v) is 5.49. The highest BCUT2D eigenvalue weighted by molar-refractivity contribution is 6.41. The molecule has 3 aromatic heterocycles. The van der Waals surface area contributed by atoms with Crippen LogP contribution in [-0.2, 0) is 24.3 Å². The Balaban J connectivity index is 1.62. The Morgan fingerprint density at radius 3 is 2.56 bits per heavy atom. The highest BCUT2D eigenvalue weighted by Crippen LogP contribution is 2.46. The zero-order valence-corrected chi connectivity index (χ0v) is 26.4. The van der Waals surface area contributed by atoms with E-state index < -0.39 is 0 Å². The average Bonchev–Trinajstić information content (AvgIpc) is 3.49. The zero-order chi connectivity index (χ0) is 32.1. The fourth-order valence-electron chi connectivity index (χ4n) is 4.80. The van der Waals surface area contributed by atoms with E-state index in [1.165, 1.54) is 20.3 Å². The van der Waals surface area contributed by atoms with Crippen LogP contribution < -0.4 is 20.1 Å². The molecule has 0 radical (unpaired) electrons. The van der Waals surface area contributed by atoms with Crippen molar-refractivity contribution < 1.29 is 19.4 Å². The number of rotatable bonds is 13. The Hall–Kier alpha value is -4.71. The number of nitrogens with one attached hydrogen (secondary N) is 2. The van der Waals surface area contributed by atoms with E-state index in [0.717, 1.165) is 22.4 Å². The largest absolute Gasteiger partial charge is 0.495 e. The summed E-state index contributed by atoms with van der Waals surface area (Å²) in [6.07, 6.45) is 6.72. The summed E-state index contributed by atoms with van der Waals surface area (Å²) >= 11 is 13.5. The first-order valence-electron chi connectivity index (χ1n) is 13.9. The van der Waals surface area contributed by atoms with Crippen LogP contribution >= 0.6 is 23.2 Å². The van der Waals surface area contributed by atoms with Crippen LogP contribution in [0.15, 0.2) is 61.6 Å². The van der Waals surface area contributed by atoms with Crippen LogP contribution in [0.1, 0.15) is 16.7 Å². The van der Waals surface area contributed by atoms with Gasteiger partial charge in [0.15, 0.2) is 11.6 Å². The standard InChI is InChI=1S/C32H31Cl2N7O4/c1-5-22(43)11-20-8-6-7-18(2)29(20)39-32-36-16-21-12-23(26-27(33)24(44-3)13-25(45-4)28(26)34)38-31(30(21)40-32)35-14-19-15-37-41(17-19)9-10-42/h5-8,12-13,15-17,42H,1,9-11,14H2,2-4H3,(H,35,38)(H,36,39,40). The summed E-state index contributed by atoms with van der Waals surface area (Å²) in [6, 6.07) is 9.12. The lowest BCUT2D eigenvalue weighted by atomic mass is 10.0. The number of ether oxygens (including phenoxy) is 2. The predicted octanol–water partition coefficient (Wildman–Crippen LogP) is 6.17. The Bertz CT molecular complexity index is 1870. The smallest absolute Gasteiger partial charge is 0.227 e. The van der Waals surface area contributed by atoms with Crippen molar-refractivity contribution in [2.45, 2.75) is 26.4 Å². The number of aliphatic hydroxyl groups is 1. The van der Waals surface area contributed by atoms with E-state index in [1.807, 2.05) is 31.3 Å². The summed E-state index contributed by atoms with van der Waals surface area (Å²) in [5, 5.41) is 21.4. The molecule has 0 atom stereocenters. The summed E-state index contributed by atoms with van der Waals surface area (Å²) < 4.78 is 12.6. The van der Waals surface area contributed by atoms with Gasteiger partial charge < -0.3 is 25.2 Å². The number of carbonyl (C=O) groups is 1. The van der Waals surface area contributed by atoms with E-state index in [9.17, 15) is 9.90 Å². The van der Waals surface area contributed by atoms with Crippen molar-refractivity contribution in [2.75, 3.05) is 31.5 Å². The lowest BCUT2D eigenvalue weighted by Crippen LogP contribution is -2.08. The van der Waals surface area contributed by atoms with Crippen LogP contribution in [-0.4, -0.2) is 56.4 Å². The van der Waals surface area contributed by atoms with Crippen LogP contribution in [0.3, 0.4) is 0 Å². The van der Waals surface area contributed by atoms with Gasteiger partial charge in [0.2, 0.25) is 5.95 Å². The van der Waals surface area contributed by atoms with Gasteiger partial charge in [-0.05, 0) is 30.2 Å². The van der Waals surface area contributed by atoms with Crippen LogP contribution in [0.25, 0.3) is 22.2 Å². The second-order valence-corrected chi connectivity index (χ2v) is 10.8. The number of methoxy groups -OCH3 is 2. The van der Waals surface area contributed by atoms with Crippen LogP contribution in [0.2, 0.25) is 10.0 Å². The first-order chi connectivity index (χ1) is 21.8. The molecule has 0 saturated heterocycles. The molecule has 2 aromatic carbocycles. The molecule has 0 spiro atoms. The quantitative estimate of drug-likeness (QED) is 0.127. The highest BCUT2D eigenvalue weighted by Gasteiger charge is 2.22. The fraction of sp³-hybridized carbons (Fsp3) is 0.219. The monoisotopic (exact) mass is 647 g/mol. The molecule has 5 aromatic rings. The summed E-state index contributed by atoms with van der Waals surface area (Å²) in [6.45, 7) is 6.25. The van der Waals surface area contributed by atoms with E-state index >= 15 is 0 Å². The van der Waals surface area contributed by atoms with Crippen molar-refractivity contribution >= 4 is 57.3 Å². The van der Waals surface area contributed by atoms with Gasteiger partial charge in [0.25, 0.3) is 0 Å². The van der Waals surface area contributed by atoms with Crippen molar-refractivity contribution in [2.24, 2.45) is 0 Å². The first-order valence-corrected chi connectivity index (χ1v) is 14.7. The number of aromatic nitrogens is 5. The van der Waals surface area contributed by atoms with E-state index in [4.69, 9.17) is 42.6 Å². The van der Waals surface area contributed by atoms with Crippen molar-refractivity contribution in [3.8, 4) is 22.8 Å². The maximum Gasteiger partial charge on any atom is 0.227 e. The van der Waals surface area contributed by atoms with Gasteiger partial charge in [-0.15, -0.1) is 0 Å². The Morgan fingerprint density at radius 1 is 1.11 bits per heavy atom. The van der Waals surface area contributed by atoms with Gasteiger partial charge in [0.05, 0.1) is 49.3 Å². The number of allylic oxidation sites excluding steroid dienone is 1. The number of para-hydroxylation sites is 1. The number of aliphatic hydroxyl groups excluding tert-OH is 1. The SMILES string of the molecule is C=CC(=O)Cc1cccc(C)c1Nc1ncc2cc(-c3c(Cl)c(OC)cc(OC)c3Cl)nc(NCc3cnn(CCO)c3)c2n1. The van der Waals surface area contributed by atoms with Crippen LogP contribution in [0.4, 0.5) is 17.5 Å². The van der Waals surface area contributed by atoms with Gasteiger partial charge in [-0.2, -0.15) is 5.10 Å². The van der Waals surface area contributed by atoms with Crippen LogP contribution in [0, 0.1) is 6.92 Å². The van der Waals surface area contributed by atoms with Crippen molar-refractivity contribution in [1.29, 1.82) is 0 Å². The summed E-state index contributed by atoms with van der Waals surface area (Å²) in [5.41, 5.74) is 4.73. The van der Waals surface area contributed by atoms with E-state index in [-0.39, 0.29) is 28.9 Å². The Kier molecular flexibility index (Phi) is 9.82. The Morgan fingerprint density at radius 2 is 1.87 bits per heavy atom. The minimum absolute atomic E-state index is 0.0225. The third-order valence-corrected chi connectivity index (χ3v) is 7.81. The molecule has 11 nitrogen and oxygen atoms in total. The number of aryl methyl sites for hydroxylation is 1. The minimum atomic E-state index is -0.0971. The van der Waals surface area contributed by atoms with Gasteiger partial charge in [-0.25, -0.2) is 15.0 Å². The molecule has 3 N–H and O–H groups in total. The maximum atomic E-state index is 12.2. The van der Waals surface area contributed by atoms with Gasteiger partial charge in [-0.3, -0.25) is 9.48 Å². The van der Waals surface area contributed by atoms with Gasteiger partial charge in [0, 0.05) is 53.6 Å². The third-order valence-electron chi connectivity index (χ3n) is 7.06. The molecule has 0 aliphatic carbocycles. The lowest BCUT2D eigenvalue weighted by molar-refractivity contribution is -0.114. The van der Waals surface area contributed by atoms with Gasteiger partial charge >= 0.3 is 0 Å². The Labute approximate surface area is 269 Å². The third kappa shape index (κ3) is 6.85.